The number of benzene rings is 1. The Labute approximate surface area is 157 Å². The van der Waals surface area contributed by atoms with Gasteiger partial charge in [-0.15, -0.1) is 5.10 Å². The number of rotatable bonds is 5. The molecule has 28 heavy (non-hydrogen) atoms. The van der Waals surface area contributed by atoms with Crippen molar-refractivity contribution in [3.05, 3.63) is 66.1 Å². The average molecular weight is 375 g/mol. The summed E-state index contributed by atoms with van der Waals surface area (Å²) in [6.07, 6.45) is 3.04. The zero-order valence-electron chi connectivity index (χ0n) is 14.3. The maximum atomic E-state index is 12.6. The fourth-order valence-electron chi connectivity index (χ4n) is 2.44. The smallest absolute Gasteiger partial charge is 0.294 e. The number of hydrogen-bond acceptors (Lipinski definition) is 9. The van der Waals surface area contributed by atoms with Crippen LogP contribution in [0.2, 0.25) is 0 Å². The molecule has 0 aliphatic heterocycles. The van der Waals surface area contributed by atoms with Crippen molar-refractivity contribution >= 4 is 17.9 Å². The third-order valence-corrected chi connectivity index (χ3v) is 3.68. The van der Waals surface area contributed by atoms with Gasteiger partial charge in [0.25, 0.3) is 5.91 Å². The topological polar surface area (TPSA) is 150 Å². The largest absolute Gasteiger partial charge is 0.378 e. The molecule has 0 saturated heterocycles. The van der Waals surface area contributed by atoms with Gasteiger partial charge in [0.2, 0.25) is 11.6 Å². The minimum atomic E-state index is -0.563. The van der Waals surface area contributed by atoms with Crippen LogP contribution < -0.4 is 11.2 Å². The van der Waals surface area contributed by atoms with E-state index in [1.165, 1.54) is 10.9 Å². The van der Waals surface area contributed by atoms with Crippen LogP contribution in [0, 0.1) is 0 Å². The maximum Gasteiger partial charge on any atom is 0.294 e. The predicted octanol–water partition coefficient (Wildman–Crippen LogP) is 1.06. The highest BCUT2D eigenvalue weighted by Crippen LogP contribution is 2.26. The lowest BCUT2D eigenvalue weighted by atomic mass is 10.1. The van der Waals surface area contributed by atoms with Crippen molar-refractivity contribution in [3.63, 3.8) is 0 Å². The van der Waals surface area contributed by atoms with Crippen LogP contribution in [0.5, 0.6) is 0 Å². The van der Waals surface area contributed by atoms with E-state index in [-0.39, 0.29) is 17.3 Å². The maximum absolute atomic E-state index is 12.6. The molecule has 0 aliphatic carbocycles. The molecule has 3 aromatic heterocycles. The van der Waals surface area contributed by atoms with Gasteiger partial charge in [-0.05, 0) is 22.4 Å². The van der Waals surface area contributed by atoms with Gasteiger partial charge in [-0.2, -0.15) is 9.78 Å². The Bertz CT molecular complexity index is 1120. The van der Waals surface area contributed by atoms with Gasteiger partial charge in [-0.25, -0.2) is 10.1 Å². The van der Waals surface area contributed by atoms with E-state index in [1.54, 1.807) is 30.5 Å². The highest BCUT2D eigenvalue weighted by Gasteiger charge is 2.24. The SMILES string of the molecule is Nc1nonc1-n1nnc(C(=O)N/N=C/c2ccccn2)c1-c1ccccc1. The average Bonchev–Trinajstić information content (AvgIpc) is 3.35. The number of nitrogens with zero attached hydrogens (tertiary/aromatic N) is 7. The molecule has 3 heterocycles. The number of aromatic nitrogens is 6. The minimum Gasteiger partial charge on any atom is -0.378 e. The zero-order chi connectivity index (χ0) is 19.3. The first-order valence-corrected chi connectivity index (χ1v) is 8.08. The molecule has 138 valence electrons. The molecule has 3 N–H and O–H groups in total. The number of nitrogens with two attached hydrogens (primary N) is 1. The third-order valence-electron chi connectivity index (χ3n) is 3.68. The Balaban J connectivity index is 1.69. The lowest BCUT2D eigenvalue weighted by molar-refractivity contribution is 0.0950. The molecule has 0 bridgehead atoms. The molecule has 0 atom stereocenters. The Hall–Kier alpha value is -4.41. The Morgan fingerprint density at radius 3 is 2.68 bits per heavy atom. The van der Waals surface area contributed by atoms with Crippen LogP contribution in [0.25, 0.3) is 17.1 Å². The number of hydrogen-bond donors (Lipinski definition) is 2. The molecular formula is C17H13N9O2. The molecular weight excluding hydrogens is 362 g/mol. The van der Waals surface area contributed by atoms with Crippen LogP contribution in [-0.4, -0.2) is 42.4 Å². The van der Waals surface area contributed by atoms with E-state index in [0.717, 1.165) is 0 Å². The molecule has 0 aliphatic rings. The number of nitrogen functional groups attached to an aromatic ring is 1. The van der Waals surface area contributed by atoms with E-state index in [1.807, 2.05) is 24.3 Å². The third kappa shape index (κ3) is 3.31. The molecule has 0 unspecified atom stereocenters. The molecule has 0 spiro atoms. The monoisotopic (exact) mass is 375 g/mol. The molecule has 1 amide bonds. The summed E-state index contributed by atoms with van der Waals surface area (Å²) < 4.78 is 5.92. The molecule has 0 radical (unpaired) electrons. The zero-order valence-corrected chi connectivity index (χ0v) is 14.3. The Kier molecular flexibility index (Phi) is 4.53. The highest BCUT2D eigenvalue weighted by atomic mass is 16.6. The van der Waals surface area contributed by atoms with Crippen molar-refractivity contribution < 1.29 is 9.42 Å². The molecule has 0 saturated carbocycles. The summed E-state index contributed by atoms with van der Waals surface area (Å²) in [7, 11) is 0. The fraction of sp³-hybridized carbons (Fsp3) is 0. The normalized spacial score (nSPS) is 11.0. The van der Waals surface area contributed by atoms with Crippen LogP contribution in [0.3, 0.4) is 0 Å². The second-order valence-electron chi connectivity index (χ2n) is 5.49. The molecule has 11 nitrogen and oxygen atoms in total. The van der Waals surface area contributed by atoms with Crippen LogP contribution >= 0.6 is 0 Å². The van der Waals surface area contributed by atoms with Gasteiger partial charge in [0.05, 0.1) is 11.9 Å². The van der Waals surface area contributed by atoms with Crippen LogP contribution in [0.1, 0.15) is 16.2 Å². The van der Waals surface area contributed by atoms with E-state index >= 15 is 0 Å². The quantitative estimate of drug-likeness (QED) is 0.388. The molecule has 4 rings (SSSR count). The lowest BCUT2D eigenvalue weighted by Gasteiger charge is -2.05. The second-order valence-corrected chi connectivity index (χ2v) is 5.49. The number of anilines is 1. The number of carbonyl (C=O) groups is 1. The lowest BCUT2D eigenvalue weighted by Crippen LogP contribution is -2.19. The molecule has 4 aromatic rings. The first-order valence-electron chi connectivity index (χ1n) is 8.08. The molecule has 0 fully saturated rings. The van der Waals surface area contributed by atoms with Crippen LogP contribution in [-0.2, 0) is 0 Å². The van der Waals surface area contributed by atoms with E-state index in [0.29, 0.717) is 17.0 Å². The second kappa shape index (κ2) is 7.45. The van der Waals surface area contributed by atoms with Crippen molar-refractivity contribution in [2.24, 2.45) is 5.10 Å². The van der Waals surface area contributed by atoms with Gasteiger partial charge in [0.1, 0.15) is 5.69 Å². The van der Waals surface area contributed by atoms with Crippen LogP contribution in [0.15, 0.2) is 64.5 Å². The van der Waals surface area contributed by atoms with E-state index in [2.05, 4.69) is 40.8 Å². The van der Waals surface area contributed by atoms with Crippen LogP contribution in [0.4, 0.5) is 5.82 Å². The van der Waals surface area contributed by atoms with Gasteiger partial charge in [-0.3, -0.25) is 9.78 Å². The van der Waals surface area contributed by atoms with Gasteiger partial charge in [-0.1, -0.05) is 41.6 Å². The van der Waals surface area contributed by atoms with Crippen molar-refractivity contribution in [1.29, 1.82) is 0 Å². The minimum absolute atomic E-state index is 0.0159. The van der Waals surface area contributed by atoms with Gasteiger partial charge in [0.15, 0.2) is 5.69 Å². The summed E-state index contributed by atoms with van der Waals surface area (Å²) in [5.41, 5.74) is 9.85. The molecule has 1 aromatic carbocycles. The van der Waals surface area contributed by atoms with Crippen molar-refractivity contribution in [1.82, 2.24) is 35.7 Å². The number of carbonyl (C=O) groups excluding carboxylic acids is 1. The van der Waals surface area contributed by atoms with Gasteiger partial charge in [0, 0.05) is 11.8 Å². The fourth-order valence-corrected chi connectivity index (χ4v) is 2.44. The summed E-state index contributed by atoms with van der Waals surface area (Å²) >= 11 is 0. The Morgan fingerprint density at radius 1 is 1.14 bits per heavy atom. The van der Waals surface area contributed by atoms with E-state index in [9.17, 15) is 4.79 Å². The predicted molar refractivity (Wildman–Crippen MR) is 98.4 cm³/mol. The highest BCUT2D eigenvalue weighted by molar-refractivity contribution is 5.98. The van der Waals surface area contributed by atoms with Gasteiger partial charge >= 0.3 is 0 Å². The number of hydrazone groups is 1. The van der Waals surface area contributed by atoms with Crippen molar-refractivity contribution in [2.75, 3.05) is 5.73 Å². The van der Waals surface area contributed by atoms with Crippen molar-refractivity contribution in [2.45, 2.75) is 0 Å². The van der Waals surface area contributed by atoms with E-state index < -0.39 is 5.91 Å². The van der Waals surface area contributed by atoms with Crippen molar-refractivity contribution in [3.8, 4) is 17.1 Å². The van der Waals surface area contributed by atoms with E-state index in [4.69, 9.17) is 5.73 Å². The summed E-state index contributed by atoms with van der Waals surface area (Å²) in [5.74, 6) is -0.420. The standard InChI is InChI=1S/C17H13N9O2/c18-15-16(24-28-23-15)26-14(11-6-2-1-3-7-11)13(21-25-26)17(27)22-20-10-12-8-4-5-9-19-12/h1-10H,(H2,18,23)(H,22,27)/b20-10+. The number of amides is 1. The Morgan fingerprint density at radius 2 is 1.96 bits per heavy atom. The number of pyridine rings is 1. The summed E-state index contributed by atoms with van der Waals surface area (Å²) in [6, 6.07) is 14.4. The first-order chi connectivity index (χ1) is 13.7. The van der Waals surface area contributed by atoms with Gasteiger partial charge < -0.3 is 5.73 Å². The molecule has 11 heteroatoms. The number of nitrogens with one attached hydrogen (secondary N) is 1. The first kappa shape index (κ1) is 17.0. The summed E-state index contributed by atoms with van der Waals surface area (Å²) in [5, 5.41) is 19.1. The summed E-state index contributed by atoms with van der Waals surface area (Å²) in [4.78, 5) is 16.7. The summed E-state index contributed by atoms with van der Waals surface area (Å²) in [6.45, 7) is 0.